The molecule has 41 heavy (non-hydrogen) atoms. The van der Waals surface area contributed by atoms with Gasteiger partial charge in [0.2, 0.25) is 0 Å². The summed E-state index contributed by atoms with van der Waals surface area (Å²) >= 11 is 0. The lowest BCUT2D eigenvalue weighted by Gasteiger charge is -2.55. The number of oxime groups is 1. The molecule has 3 N–H and O–H groups in total. The number of fused-ring (bicyclic) bond motifs is 5. The summed E-state index contributed by atoms with van der Waals surface area (Å²) in [7, 11) is 0. The zero-order valence-electron chi connectivity index (χ0n) is 24.3. The van der Waals surface area contributed by atoms with Gasteiger partial charge in [0.05, 0.1) is 17.5 Å². The van der Waals surface area contributed by atoms with Crippen LogP contribution in [0.5, 0.6) is 0 Å². The van der Waals surface area contributed by atoms with Crippen molar-refractivity contribution >= 4 is 22.7 Å². The molecule has 9 nitrogen and oxygen atoms in total. The molecule has 0 radical (unpaired) electrons. The molecule has 6 rings (SSSR count). The molecule has 3 heterocycles. The van der Waals surface area contributed by atoms with Crippen LogP contribution in [0.15, 0.2) is 34.2 Å². The second-order valence-electron chi connectivity index (χ2n) is 13.2. The molecular weight excluding hydrogens is 518 g/mol. The molecule has 9 heteroatoms. The van der Waals surface area contributed by atoms with Crippen LogP contribution in [0.3, 0.4) is 0 Å². The average molecular weight is 564 g/mol. The monoisotopic (exact) mass is 563 g/mol. The molecule has 2 aromatic rings. The number of benzene rings is 1. The molecule has 2 saturated carbocycles. The zero-order valence-corrected chi connectivity index (χ0v) is 24.3. The van der Waals surface area contributed by atoms with Crippen molar-refractivity contribution < 1.29 is 14.7 Å². The Kier molecular flexibility index (Phi) is 8.45. The number of carbonyl (C=O) groups is 1. The van der Waals surface area contributed by atoms with Gasteiger partial charge >= 0.3 is 5.97 Å². The molecule has 0 spiro atoms. The summed E-state index contributed by atoms with van der Waals surface area (Å²) in [5.41, 5.74) is 7.36. The summed E-state index contributed by atoms with van der Waals surface area (Å²) in [6, 6.07) is 9.51. The van der Waals surface area contributed by atoms with Crippen molar-refractivity contribution in [3.05, 3.63) is 40.3 Å². The van der Waals surface area contributed by atoms with Gasteiger partial charge in [0.15, 0.2) is 5.69 Å². The minimum absolute atomic E-state index is 0.0623. The van der Waals surface area contributed by atoms with Gasteiger partial charge in [-0.3, -0.25) is 14.5 Å². The Morgan fingerprint density at radius 2 is 1.71 bits per heavy atom. The highest BCUT2D eigenvalue weighted by atomic mass is 16.6. The molecule has 4 aliphatic rings. The van der Waals surface area contributed by atoms with Crippen molar-refractivity contribution in [2.45, 2.75) is 108 Å². The number of aromatic nitrogens is 2. The van der Waals surface area contributed by atoms with E-state index in [1.807, 2.05) is 28.8 Å². The van der Waals surface area contributed by atoms with Crippen LogP contribution in [-0.2, 0) is 9.63 Å². The van der Waals surface area contributed by atoms with E-state index >= 15 is 0 Å². The van der Waals surface area contributed by atoms with Gasteiger partial charge in [0, 0.05) is 37.1 Å². The van der Waals surface area contributed by atoms with Gasteiger partial charge in [-0.15, -0.1) is 0 Å². The summed E-state index contributed by atoms with van der Waals surface area (Å²) in [4.78, 5) is 38.6. The van der Waals surface area contributed by atoms with Crippen molar-refractivity contribution in [3.8, 4) is 0 Å². The van der Waals surface area contributed by atoms with E-state index in [0.29, 0.717) is 23.6 Å². The molecule has 4 bridgehead atoms. The van der Waals surface area contributed by atoms with Crippen LogP contribution in [0.1, 0.15) is 95.7 Å². The fourth-order valence-electron chi connectivity index (χ4n) is 8.90. The highest BCUT2D eigenvalue weighted by Gasteiger charge is 2.46. The molecule has 2 saturated heterocycles. The first kappa shape index (κ1) is 28.3. The van der Waals surface area contributed by atoms with Crippen molar-refractivity contribution in [1.82, 2.24) is 14.5 Å². The average Bonchev–Trinajstić information content (AvgIpc) is 2.93. The summed E-state index contributed by atoms with van der Waals surface area (Å²) in [6.07, 6.45) is 12.3. The van der Waals surface area contributed by atoms with E-state index in [2.05, 4.69) is 17.0 Å². The Labute approximate surface area is 242 Å². The van der Waals surface area contributed by atoms with Gasteiger partial charge in [-0.25, -0.2) is 4.98 Å². The first-order valence-corrected chi connectivity index (χ1v) is 15.8. The minimum Gasteiger partial charge on any atom is -0.481 e. The normalized spacial score (nSPS) is 32.1. The Hall–Kier alpha value is -2.78. The van der Waals surface area contributed by atoms with Crippen LogP contribution in [0.2, 0.25) is 0 Å². The number of hydrogen-bond acceptors (Lipinski definition) is 7. The molecule has 1 aromatic heterocycles. The van der Waals surface area contributed by atoms with E-state index in [1.54, 1.807) is 0 Å². The van der Waals surface area contributed by atoms with E-state index in [4.69, 9.17) is 15.6 Å². The lowest BCUT2D eigenvalue weighted by atomic mass is 9.65. The second kappa shape index (κ2) is 12.2. The molecule has 4 fully saturated rings. The minimum atomic E-state index is -0.959. The van der Waals surface area contributed by atoms with E-state index < -0.39 is 5.97 Å². The number of rotatable bonds is 9. The number of hydrogen-bond donors (Lipinski definition) is 2. The number of para-hydroxylation sites is 2. The molecule has 2 aliphatic carbocycles. The number of nitrogens with zero attached hydrogens (tertiary/aromatic N) is 4. The van der Waals surface area contributed by atoms with Crippen LogP contribution in [0.4, 0.5) is 0 Å². The predicted molar refractivity (Wildman–Crippen MR) is 159 cm³/mol. The Balaban J connectivity index is 1.33. The van der Waals surface area contributed by atoms with E-state index in [-0.39, 0.29) is 49.0 Å². The fourth-order valence-corrected chi connectivity index (χ4v) is 8.90. The van der Waals surface area contributed by atoms with E-state index in [9.17, 15) is 14.7 Å². The van der Waals surface area contributed by atoms with E-state index in [1.165, 1.54) is 51.4 Å². The third-order valence-corrected chi connectivity index (χ3v) is 10.2. The summed E-state index contributed by atoms with van der Waals surface area (Å²) in [5.74, 6) is 1.66. The van der Waals surface area contributed by atoms with Crippen molar-refractivity contribution in [1.29, 1.82) is 0 Å². The Bertz CT molecular complexity index is 1310. The predicted octanol–water partition coefficient (Wildman–Crippen LogP) is 4.71. The highest BCUT2D eigenvalue weighted by Crippen LogP contribution is 2.48. The number of carboxylic acids is 1. The fraction of sp³-hybridized carbons (Fsp3) is 0.688. The van der Waals surface area contributed by atoms with Crippen LogP contribution in [0, 0.1) is 17.8 Å². The van der Waals surface area contributed by atoms with Crippen molar-refractivity contribution in [2.24, 2.45) is 28.6 Å². The smallest absolute Gasteiger partial charge is 0.303 e. The van der Waals surface area contributed by atoms with Gasteiger partial charge in [-0.05, 0) is 87.7 Å². The molecular formula is C32H45N5O4. The maximum absolute atomic E-state index is 14.2. The molecule has 0 amide bonds. The topological polar surface area (TPSA) is 123 Å². The maximum Gasteiger partial charge on any atom is 0.303 e. The Morgan fingerprint density at radius 1 is 1.00 bits per heavy atom. The molecule has 1 aromatic carbocycles. The number of nitrogens with two attached hydrogens (primary N) is 1. The standard InChI is InChI=1S/C32H45N5O4/c1-20-13-21-15-22(14-20)17-25(16-21)36-23-5-4-6-24(36)19-26(18-23)37-29-8-3-2-7-27(29)34-31(32(37)40)28(9-10-30(38)39)35-41-12-11-33/h2-3,7-8,20-26H,4-6,9-19,33H2,1H3,(H,38,39)/b35-28+/t20?,21-,22+,23-,24+,25?,26?. The number of piperidine rings is 2. The summed E-state index contributed by atoms with van der Waals surface area (Å²) < 4.78 is 1.96. The largest absolute Gasteiger partial charge is 0.481 e. The molecule has 3 unspecified atom stereocenters. The van der Waals surface area contributed by atoms with Gasteiger partial charge in [0.25, 0.3) is 5.56 Å². The van der Waals surface area contributed by atoms with E-state index in [0.717, 1.165) is 36.1 Å². The molecule has 222 valence electrons. The second-order valence-corrected chi connectivity index (χ2v) is 13.2. The Morgan fingerprint density at radius 3 is 2.39 bits per heavy atom. The third kappa shape index (κ3) is 5.93. The van der Waals surface area contributed by atoms with Gasteiger partial charge in [-0.2, -0.15) is 0 Å². The quantitative estimate of drug-likeness (QED) is 0.257. The van der Waals surface area contributed by atoms with Crippen LogP contribution >= 0.6 is 0 Å². The summed E-state index contributed by atoms with van der Waals surface area (Å²) in [5, 5.41) is 13.5. The molecule has 7 atom stereocenters. The lowest BCUT2D eigenvalue weighted by Crippen LogP contribution is -2.59. The number of carboxylic acid groups (broad SMARTS) is 1. The van der Waals surface area contributed by atoms with Gasteiger partial charge in [-0.1, -0.05) is 30.6 Å². The SMILES string of the molecule is CC1C[C@@H]2CC(N3[C@@H]4CCC[C@H]3CC(n3c(=O)c(/C(CCC(=O)O)=N/OCCN)nc5ccccc53)C4)C[C@H](C1)C2. The first-order valence-electron chi connectivity index (χ1n) is 15.8. The first-order chi connectivity index (χ1) is 19.9. The third-order valence-electron chi connectivity index (χ3n) is 10.2. The van der Waals surface area contributed by atoms with Gasteiger partial charge < -0.3 is 20.2 Å². The number of aliphatic carboxylic acids is 1. The van der Waals surface area contributed by atoms with Crippen molar-refractivity contribution in [3.63, 3.8) is 0 Å². The molecule has 2 aliphatic heterocycles. The van der Waals surface area contributed by atoms with Crippen molar-refractivity contribution in [2.75, 3.05) is 13.2 Å². The van der Waals surface area contributed by atoms with Gasteiger partial charge in [0.1, 0.15) is 12.3 Å². The zero-order chi connectivity index (χ0) is 28.5. The lowest BCUT2D eigenvalue weighted by molar-refractivity contribution is -0.136. The van der Waals surface area contributed by atoms with Crippen LogP contribution in [0.25, 0.3) is 11.0 Å². The maximum atomic E-state index is 14.2. The van der Waals surface area contributed by atoms with Crippen LogP contribution < -0.4 is 11.3 Å². The van der Waals surface area contributed by atoms with Crippen LogP contribution in [-0.4, -0.2) is 62.5 Å². The summed E-state index contributed by atoms with van der Waals surface area (Å²) in [6.45, 7) is 2.89. The highest BCUT2D eigenvalue weighted by molar-refractivity contribution is 6.00.